The van der Waals surface area contributed by atoms with E-state index in [-0.39, 0.29) is 29.5 Å². The Morgan fingerprint density at radius 3 is 2.45 bits per heavy atom. The van der Waals surface area contributed by atoms with Crippen molar-refractivity contribution in [3.8, 4) is 0 Å². The Kier molecular flexibility index (Phi) is 6.30. The summed E-state index contributed by atoms with van der Waals surface area (Å²) >= 11 is 0. The SMILES string of the molecule is CC(C)C(C)N(Cc1cc(NC(=O)c2ccco2)ccc1N(C)C)C(=O)C1CC1. The maximum absolute atomic E-state index is 13.0. The molecule has 1 unspecified atom stereocenters. The summed E-state index contributed by atoms with van der Waals surface area (Å²) in [5.41, 5.74) is 2.72. The Balaban J connectivity index is 1.88. The first kappa shape index (κ1) is 21.0. The second-order valence-corrected chi connectivity index (χ2v) is 8.39. The smallest absolute Gasteiger partial charge is 0.291 e. The Morgan fingerprint density at radius 1 is 1.17 bits per heavy atom. The molecule has 1 fully saturated rings. The number of amides is 2. The molecule has 3 rings (SSSR count). The number of nitrogens with zero attached hydrogens (tertiary/aromatic N) is 2. The van der Waals surface area contributed by atoms with Crippen LogP contribution in [-0.2, 0) is 11.3 Å². The van der Waals surface area contributed by atoms with Crippen LogP contribution in [0.25, 0.3) is 0 Å². The molecule has 0 saturated heterocycles. The highest BCUT2D eigenvalue weighted by molar-refractivity contribution is 6.02. The third-order valence-electron chi connectivity index (χ3n) is 5.57. The van der Waals surface area contributed by atoms with Gasteiger partial charge in [0.15, 0.2) is 5.76 Å². The highest BCUT2D eigenvalue weighted by Gasteiger charge is 2.36. The van der Waals surface area contributed by atoms with E-state index < -0.39 is 0 Å². The first-order chi connectivity index (χ1) is 13.8. The molecule has 0 spiro atoms. The first-order valence-electron chi connectivity index (χ1n) is 10.2. The lowest BCUT2D eigenvalue weighted by molar-refractivity contribution is -0.136. The fraction of sp³-hybridized carbons (Fsp3) is 0.478. The van der Waals surface area contributed by atoms with E-state index in [1.54, 1.807) is 12.1 Å². The average Bonchev–Trinajstić information content (AvgIpc) is 3.38. The molecule has 0 bridgehead atoms. The van der Waals surface area contributed by atoms with Crippen LogP contribution in [-0.4, -0.2) is 36.9 Å². The van der Waals surface area contributed by atoms with Crippen LogP contribution in [0.4, 0.5) is 11.4 Å². The third kappa shape index (κ3) is 5.00. The molecule has 1 atom stereocenters. The minimum absolute atomic E-state index is 0.138. The van der Waals surface area contributed by atoms with E-state index in [1.165, 1.54) is 6.26 Å². The number of nitrogens with one attached hydrogen (secondary N) is 1. The van der Waals surface area contributed by atoms with Crippen molar-refractivity contribution in [2.45, 2.75) is 46.2 Å². The van der Waals surface area contributed by atoms with Crippen LogP contribution in [0.5, 0.6) is 0 Å². The zero-order chi connectivity index (χ0) is 21.1. The minimum atomic E-state index is -0.292. The molecule has 29 heavy (non-hydrogen) atoms. The number of rotatable bonds is 8. The second kappa shape index (κ2) is 8.72. The molecule has 2 aromatic rings. The van der Waals surface area contributed by atoms with E-state index in [4.69, 9.17) is 4.42 Å². The van der Waals surface area contributed by atoms with Crippen LogP contribution < -0.4 is 10.2 Å². The van der Waals surface area contributed by atoms with Crippen molar-refractivity contribution < 1.29 is 14.0 Å². The summed E-state index contributed by atoms with van der Waals surface area (Å²) < 4.78 is 5.17. The van der Waals surface area contributed by atoms with Crippen LogP contribution >= 0.6 is 0 Å². The number of carbonyl (C=O) groups excluding carboxylic acids is 2. The van der Waals surface area contributed by atoms with Crippen molar-refractivity contribution in [2.75, 3.05) is 24.3 Å². The minimum Gasteiger partial charge on any atom is -0.459 e. The molecule has 1 aromatic carbocycles. The number of carbonyl (C=O) groups is 2. The highest BCUT2D eigenvalue weighted by atomic mass is 16.3. The number of anilines is 2. The summed E-state index contributed by atoms with van der Waals surface area (Å²) in [6.07, 6.45) is 3.45. The van der Waals surface area contributed by atoms with Gasteiger partial charge in [-0.1, -0.05) is 13.8 Å². The van der Waals surface area contributed by atoms with Gasteiger partial charge in [0.25, 0.3) is 5.91 Å². The van der Waals surface area contributed by atoms with Crippen molar-refractivity contribution in [3.63, 3.8) is 0 Å². The van der Waals surface area contributed by atoms with Gasteiger partial charge in [-0.25, -0.2) is 0 Å². The lowest BCUT2D eigenvalue weighted by Crippen LogP contribution is -2.42. The van der Waals surface area contributed by atoms with Crippen molar-refractivity contribution in [1.82, 2.24) is 4.90 Å². The van der Waals surface area contributed by atoms with E-state index in [2.05, 4.69) is 26.1 Å². The number of hydrogen-bond donors (Lipinski definition) is 1. The van der Waals surface area contributed by atoms with Gasteiger partial charge < -0.3 is 19.5 Å². The molecular formula is C23H31N3O3. The lowest BCUT2D eigenvalue weighted by Gasteiger charge is -2.33. The first-order valence-corrected chi connectivity index (χ1v) is 10.2. The number of hydrogen-bond acceptors (Lipinski definition) is 4. The molecule has 0 radical (unpaired) electrons. The summed E-state index contributed by atoms with van der Waals surface area (Å²) in [5.74, 6) is 0.742. The molecule has 6 nitrogen and oxygen atoms in total. The molecule has 156 valence electrons. The molecule has 1 aliphatic rings. The Hall–Kier alpha value is -2.76. The van der Waals surface area contributed by atoms with Gasteiger partial charge in [-0.05, 0) is 61.6 Å². The molecule has 6 heteroatoms. The van der Waals surface area contributed by atoms with E-state index in [0.29, 0.717) is 18.2 Å². The molecular weight excluding hydrogens is 366 g/mol. The zero-order valence-electron chi connectivity index (χ0n) is 17.9. The normalized spacial score (nSPS) is 14.6. The Morgan fingerprint density at radius 2 is 1.90 bits per heavy atom. The van der Waals surface area contributed by atoms with Crippen LogP contribution in [0.15, 0.2) is 41.0 Å². The fourth-order valence-corrected chi connectivity index (χ4v) is 3.36. The molecule has 1 aromatic heterocycles. The monoisotopic (exact) mass is 397 g/mol. The topological polar surface area (TPSA) is 65.8 Å². The van der Waals surface area contributed by atoms with Crippen molar-refractivity contribution in [1.29, 1.82) is 0 Å². The van der Waals surface area contributed by atoms with Crippen molar-refractivity contribution in [3.05, 3.63) is 47.9 Å². The molecule has 1 saturated carbocycles. The molecule has 1 N–H and O–H groups in total. The molecule has 2 amide bonds. The maximum atomic E-state index is 13.0. The summed E-state index contributed by atoms with van der Waals surface area (Å²) in [6.45, 7) is 6.92. The standard InChI is InChI=1S/C23H31N3O3/c1-15(2)16(3)26(23(28)17-8-9-17)14-18-13-19(10-11-20(18)25(4)5)24-22(27)21-7-6-12-29-21/h6-7,10-13,15-17H,8-9,14H2,1-5H3,(H,24,27). The molecule has 0 aliphatic heterocycles. The van der Waals surface area contributed by atoms with E-state index in [1.807, 2.05) is 42.1 Å². The summed E-state index contributed by atoms with van der Waals surface area (Å²) in [7, 11) is 3.97. The van der Waals surface area contributed by atoms with Gasteiger partial charge in [-0.15, -0.1) is 0 Å². The van der Waals surface area contributed by atoms with Gasteiger partial charge in [0, 0.05) is 44.0 Å². The molecule has 1 heterocycles. The van der Waals surface area contributed by atoms with Gasteiger partial charge >= 0.3 is 0 Å². The number of furan rings is 1. The van der Waals surface area contributed by atoms with Gasteiger partial charge in [-0.2, -0.15) is 0 Å². The predicted octanol–water partition coefficient (Wildman–Crippen LogP) is 4.38. The fourth-order valence-electron chi connectivity index (χ4n) is 3.36. The maximum Gasteiger partial charge on any atom is 0.291 e. The van der Waals surface area contributed by atoms with Crippen LogP contribution in [0.3, 0.4) is 0 Å². The lowest BCUT2D eigenvalue weighted by atomic mass is 10.0. The van der Waals surface area contributed by atoms with Gasteiger partial charge in [0.2, 0.25) is 5.91 Å². The van der Waals surface area contributed by atoms with E-state index in [9.17, 15) is 9.59 Å². The Labute approximate surface area is 172 Å². The largest absolute Gasteiger partial charge is 0.459 e. The second-order valence-electron chi connectivity index (χ2n) is 8.39. The molecule has 1 aliphatic carbocycles. The highest BCUT2D eigenvalue weighted by Crippen LogP contribution is 2.34. The van der Waals surface area contributed by atoms with Crippen LogP contribution in [0, 0.1) is 11.8 Å². The third-order valence-corrected chi connectivity index (χ3v) is 5.57. The zero-order valence-corrected chi connectivity index (χ0v) is 17.9. The van der Waals surface area contributed by atoms with Crippen LogP contribution in [0.2, 0.25) is 0 Å². The summed E-state index contributed by atoms with van der Waals surface area (Å²) in [4.78, 5) is 29.4. The Bertz CT molecular complexity index is 854. The van der Waals surface area contributed by atoms with Crippen molar-refractivity contribution >= 4 is 23.2 Å². The van der Waals surface area contributed by atoms with Gasteiger partial charge in [0.1, 0.15) is 0 Å². The quantitative estimate of drug-likeness (QED) is 0.718. The summed E-state index contributed by atoms with van der Waals surface area (Å²) in [6, 6.07) is 9.26. The predicted molar refractivity (Wildman–Crippen MR) is 115 cm³/mol. The number of benzene rings is 1. The summed E-state index contributed by atoms with van der Waals surface area (Å²) in [5, 5.41) is 2.89. The van der Waals surface area contributed by atoms with Crippen molar-refractivity contribution in [2.24, 2.45) is 11.8 Å². The average molecular weight is 398 g/mol. The van der Waals surface area contributed by atoms with E-state index in [0.717, 1.165) is 24.1 Å². The van der Waals surface area contributed by atoms with Gasteiger partial charge in [0.05, 0.1) is 6.26 Å². The van der Waals surface area contributed by atoms with E-state index >= 15 is 0 Å². The van der Waals surface area contributed by atoms with Crippen LogP contribution in [0.1, 0.15) is 49.7 Å². The van der Waals surface area contributed by atoms with Gasteiger partial charge in [-0.3, -0.25) is 9.59 Å².